The number of aryl methyl sites for hydroxylation is 3. The van der Waals surface area contributed by atoms with Gasteiger partial charge in [0.1, 0.15) is 10.7 Å². The van der Waals surface area contributed by atoms with E-state index in [1.807, 2.05) is 51.1 Å². The third kappa shape index (κ3) is 3.43. The highest BCUT2D eigenvalue weighted by Crippen LogP contribution is 2.23. The maximum Gasteiger partial charge on any atom is 0.267 e. The van der Waals surface area contributed by atoms with Gasteiger partial charge in [-0.05, 0) is 39.0 Å². The van der Waals surface area contributed by atoms with Crippen LogP contribution in [0.5, 0.6) is 0 Å². The van der Waals surface area contributed by atoms with Crippen molar-refractivity contribution in [3.8, 4) is 11.3 Å². The molecule has 3 rings (SSSR count). The molecule has 0 aliphatic carbocycles. The van der Waals surface area contributed by atoms with Crippen LogP contribution in [0, 0.1) is 20.8 Å². The lowest BCUT2D eigenvalue weighted by atomic mass is 10.1. The zero-order chi connectivity index (χ0) is 16.4. The average Bonchev–Trinajstić information content (AvgIpc) is 2.86. The number of benzene rings is 1. The Kier molecular flexibility index (Phi) is 4.16. The molecule has 0 spiro atoms. The Hall–Kier alpha value is -2.60. The van der Waals surface area contributed by atoms with Crippen LogP contribution in [0.1, 0.15) is 26.2 Å². The molecule has 2 heterocycles. The number of rotatable bonds is 3. The van der Waals surface area contributed by atoms with Crippen LogP contribution in [0.4, 0.5) is 5.69 Å². The molecule has 0 aliphatic rings. The number of nitrogens with one attached hydrogen (secondary N) is 1. The van der Waals surface area contributed by atoms with Crippen molar-refractivity contribution in [2.75, 3.05) is 5.32 Å². The molecule has 0 aliphatic heterocycles. The van der Waals surface area contributed by atoms with Gasteiger partial charge in [0.15, 0.2) is 0 Å². The van der Waals surface area contributed by atoms with Gasteiger partial charge in [0.2, 0.25) is 0 Å². The molecule has 1 amide bonds. The molecule has 0 radical (unpaired) electrons. The largest absolute Gasteiger partial charge is 0.321 e. The quantitative estimate of drug-likeness (QED) is 0.796. The Morgan fingerprint density at radius 3 is 2.65 bits per heavy atom. The molecule has 0 fully saturated rings. The summed E-state index contributed by atoms with van der Waals surface area (Å²) < 4.78 is 0. The summed E-state index contributed by atoms with van der Waals surface area (Å²) in [7, 11) is 0. The van der Waals surface area contributed by atoms with Crippen molar-refractivity contribution in [2.24, 2.45) is 0 Å². The molecular formula is C17H16N4OS. The van der Waals surface area contributed by atoms with Gasteiger partial charge in [-0.2, -0.15) is 0 Å². The zero-order valence-electron chi connectivity index (χ0n) is 13.1. The van der Waals surface area contributed by atoms with E-state index in [1.165, 1.54) is 11.3 Å². The highest BCUT2D eigenvalue weighted by molar-refractivity contribution is 7.13. The summed E-state index contributed by atoms with van der Waals surface area (Å²) in [6.07, 6.45) is 1.73. The summed E-state index contributed by atoms with van der Waals surface area (Å²) in [4.78, 5) is 25.8. The second-order valence-electron chi connectivity index (χ2n) is 5.17. The molecule has 116 valence electrons. The lowest BCUT2D eigenvalue weighted by molar-refractivity contribution is 0.103. The highest BCUT2D eigenvalue weighted by atomic mass is 32.1. The van der Waals surface area contributed by atoms with E-state index in [9.17, 15) is 4.79 Å². The molecular weight excluding hydrogens is 308 g/mol. The first-order valence-corrected chi connectivity index (χ1v) is 8.00. The summed E-state index contributed by atoms with van der Waals surface area (Å²) in [6.45, 7) is 5.59. The predicted molar refractivity (Wildman–Crippen MR) is 91.7 cm³/mol. The number of thiazole rings is 1. The van der Waals surface area contributed by atoms with E-state index < -0.39 is 0 Å². The van der Waals surface area contributed by atoms with Crippen LogP contribution in [0.25, 0.3) is 11.3 Å². The first-order chi connectivity index (χ1) is 11.0. The number of hydrogen-bond donors (Lipinski definition) is 1. The van der Waals surface area contributed by atoms with Crippen molar-refractivity contribution in [3.05, 3.63) is 57.9 Å². The minimum Gasteiger partial charge on any atom is -0.321 e. The van der Waals surface area contributed by atoms with Gasteiger partial charge in [0.25, 0.3) is 5.91 Å². The topological polar surface area (TPSA) is 67.8 Å². The third-order valence-corrected chi connectivity index (χ3v) is 4.37. The van der Waals surface area contributed by atoms with E-state index in [1.54, 1.807) is 6.20 Å². The normalized spacial score (nSPS) is 10.6. The minimum atomic E-state index is -0.135. The van der Waals surface area contributed by atoms with Crippen LogP contribution in [-0.2, 0) is 0 Å². The van der Waals surface area contributed by atoms with Crippen LogP contribution < -0.4 is 5.32 Å². The lowest BCUT2D eigenvalue weighted by Gasteiger charge is -2.07. The van der Waals surface area contributed by atoms with Gasteiger partial charge in [0, 0.05) is 17.4 Å². The SMILES string of the molecule is Cc1nccc(-c2cccc(NC(=O)c3sc(C)nc3C)c2)n1. The van der Waals surface area contributed by atoms with Gasteiger partial charge in [0.05, 0.1) is 16.4 Å². The fourth-order valence-corrected chi connectivity index (χ4v) is 3.12. The molecule has 0 atom stereocenters. The van der Waals surface area contributed by atoms with Gasteiger partial charge in [-0.1, -0.05) is 12.1 Å². The number of hydrogen-bond acceptors (Lipinski definition) is 5. The number of nitrogens with zero attached hydrogens (tertiary/aromatic N) is 3. The van der Waals surface area contributed by atoms with E-state index >= 15 is 0 Å². The Morgan fingerprint density at radius 2 is 1.96 bits per heavy atom. The maximum atomic E-state index is 12.4. The number of carbonyl (C=O) groups is 1. The van der Waals surface area contributed by atoms with Gasteiger partial charge in [-0.3, -0.25) is 4.79 Å². The fourth-order valence-electron chi connectivity index (χ4n) is 2.30. The van der Waals surface area contributed by atoms with E-state index in [0.717, 1.165) is 27.6 Å². The molecule has 1 aromatic carbocycles. The first kappa shape index (κ1) is 15.3. The van der Waals surface area contributed by atoms with Crippen LogP contribution in [0.2, 0.25) is 0 Å². The summed E-state index contributed by atoms with van der Waals surface area (Å²) in [6, 6.07) is 9.47. The fraction of sp³-hybridized carbons (Fsp3) is 0.176. The second kappa shape index (κ2) is 6.26. The smallest absolute Gasteiger partial charge is 0.267 e. The Balaban J connectivity index is 1.86. The lowest BCUT2D eigenvalue weighted by Crippen LogP contribution is -2.11. The van der Waals surface area contributed by atoms with E-state index in [2.05, 4.69) is 20.3 Å². The standard InChI is InChI=1S/C17H16N4OS/c1-10-16(23-12(3)19-10)17(22)21-14-6-4-5-13(9-14)15-7-8-18-11(2)20-15/h4-9H,1-3H3,(H,21,22). The first-order valence-electron chi connectivity index (χ1n) is 7.18. The van der Waals surface area contributed by atoms with Crippen molar-refractivity contribution in [1.82, 2.24) is 15.0 Å². The van der Waals surface area contributed by atoms with Crippen molar-refractivity contribution in [3.63, 3.8) is 0 Å². The van der Waals surface area contributed by atoms with Crippen LogP contribution in [0.15, 0.2) is 36.5 Å². The van der Waals surface area contributed by atoms with E-state index in [0.29, 0.717) is 10.7 Å². The molecule has 3 aromatic rings. The zero-order valence-corrected chi connectivity index (χ0v) is 13.9. The Morgan fingerprint density at radius 1 is 1.13 bits per heavy atom. The van der Waals surface area contributed by atoms with E-state index in [-0.39, 0.29) is 5.91 Å². The highest BCUT2D eigenvalue weighted by Gasteiger charge is 2.14. The van der Waals surface area contributed by atoms with Crippen molar-refractivity contribution in [1.29, 1.82) is 0 Å². The van der Waals surface area contributed by atoms with Crippen LogP contribution in [-0.4, -0.2) is 20.9 Å². The molecule has 6 heteroatoms. The Labute approximate surface area is 138 Å². The number of carbonyl (C=O) groups excluding carboxylic acids is 1. The number of amides is 1. The van der Waals surface area contributed by atoms with Crippen LogP contribution >= 0.6 is 11.3 Å². The molecule has 1 N–H and O–H groups in total. The van der Waals surface area contributed by atoms with Crippen LogP contribution in [0.3, 0.4) is 0 Å². The third-order valence-electron chi connectivity index (χ3n) is 3.30. The number of anilines is 1. The minimum absolute atomic E-state index is 0.135. The van der Waals surface area contributed by atoms with Gasteiger partial charge < -0.3 is 5.32 Å². The van der Waals surface area contributed by atoms with E-state index in [4.69, 9.17) is 0 Å². The molecule has 2 aromatic heterocycles. The van der Waals surface area contributed by atoms with Crippen molar-refractivity contribution < 1.29 is 4.79 Å². The molecule has 23 heavy (non-hydrogen) atoms. The van der Waals surface area contributed by atoms with Gasteiger partial charge in [-0.15, -0.1) is 11.3 Å². The summed E-state index contributed by atoms with van der Waals surface area (Å²) >= 11 is 1.40. The average molecular weight is 324 g/mol. The predicted octanol–water partition coefficient (Wildman–Crippen LogP) is 3.78. The molecule has 0 bridgehead atoms. The molecule has 0 saturated heterocycles. The summed E-state index contributed by atoms with van der Waals surface area (Å²) in [5.41, 5.74) is 3.26. The second-order valence-corrected chi connectivity index (χ2v) is 6.37. The van der Waals surface area contributed by atoms with Gasteiger partial charge >= 0.3 is 0 Å². The maximum absolute atomic E-state index is 12.4. The molecule has 5 nitrogen and oxygen atoms in total. The van der Waals surface area contributed by atoms with Gasteiger partial charge in [-0.25, -0.2) is 15.0 Å². The number of aromatic nitrogens is 3. The Bertz CT molecular complexity index is 873. The van der Waals surface area contributed by atoms with Crippen molar-refractivity contribution >= 4 is 22.9 Å². The summed E-state index contributed by atoms with van der Waals surface area (Å²) in [5.74, 6) is 0.580. The molecule has 0 saturated carbocycles. The summed E-state index contributed by atoms with van der Waals surface area (Å²) in [5, 5.41) is 3.81. The molecule has 0 unspecified atom stereocenters. The monoisotopic (exact) mass is 324 g/mol. The van der Waals surface area contributed by atoms with Crippen molar-refractivity contribution in [2.45, 2.75) is 20.8 Å².